The maximum Gasteiger partial charge on any atom is 0.0212 e. The van der Waals surface area contributed by atoms with E-state index in [4.69, 9.17) is 6.42 Å². The average molecular weight is 163 g/mol. The van der Waals surface area contributed by atoms with Crippen molar-refractivity contribution in [3.8, 4) is 12.3 Å². The van der Waals surface area contributed by atoms with Crippen molar-refractivity contribution in [1.29, 1.82) is 0 Å². The van der Waals surface area contributed by atoms with Crippen molar-refractivity contribution in [3.05, 3.63) is 0 Å². The first kappa shape index (κ1) is 8.13. The standard InChI is InChI=1S/C11H17N/c1-2-3-6-12-11-8-9-4-5-10(11)7-9/h1,9-12H,3-8H2. The van der Waals surface area contributed by atoms with E-state index in [0.717, 1.165) is 30.8 Å². The van der Waals surface area contributed by atoms with E-state index in [1.165, 1.54) is 25.7 Å². The van der Waals surface area contributed by atoms with Crippen molar-refractivity contribution >= 4 is 0 Å². The molecule has 0 heterocycles. The van der Waals surface area contributed by atoms with Crippen LogP contribution in [0.2, 0.25) is 0 Å². The van der Waals surface area contributed by atoms with Crippen LogP contribution in [0.5, 0.6) is 0 Å². The molecule has 2 fully saturated rings. The van der Waals surface area contributed by atoms with Crippen LogP contribution >= 0.6 is 0 Å². The number of terminal acetylenes is 1. The van der Waals surface area contributed by atoms with Gasteiger partial charge in [-0.2, -0.15) is 0 Å². The molecule has 0 amide bonds. The predicted octanol–water partition coefficient (Wildman–Crippen LogP) is 1.79. The lowest BCUT2D eigenvalue weighted by atomic mass is 9.95. The van der Waals surface area contributed by atoms with Gasteiger partial charge in [0.05, 0.1) is 0 Å². The van der Waals surface area contributed by atoms with Gasteiger partial charge in [0.2, 0.25) is 0 Å². The average Bonchev–Trinajstić information content (AvgIpc) is 2.65. The summed E-state index contributed by atoms with van der Waals surface area (Å²) in [6, 6.07) is 0.803. The Kier molecular flexibility index (Phi) is 2.37. The van der Waals surface area contributed by atoms with E-state index in [-0.39, 0.29) is 0 Å². The molecule has 1 heteroatoms. The highest BCUT2D eigenvalue weighted by Gasteiger charge is 2.38. The normalized spacial score (nSPS) is 38.4. The van der Waals surface area contributed by atoms with Crippen LogP contribution in [0.25, 0.3) is 0 Å². The molecule has 12 heavy (non-hydrogen) atoms. The largest absolute Gasteiger partial charge is 0.313 e. The van der Waals surface area contributed by atoms with Crippen molar-refractivity contribution in [2.45, 2.75) is 38.1 Å². The van der Waals surface area contributed by atoms with Gasteiger partial charge in [-0.25, -0.2) is 0 Å². The first-order valence-electron chi connectivity index (χ1n) is 5.07. The monoisotopic (exact) mass is 163 g/mol. The molecule has 0 aromatic carbocycles. The second kappa shape index (κ2) is 3.49. The summed E-state index contributed by atoms with van der Waals surface area (Å²) in [6.07, 6.45) is 11.9. The van der Waals surface area contributed by atoms with Gasteiger partial charge in [-0.05, 0) is 31.1 Å². The minimum atomic E-state index is 0.803. The summed E-state index contributed by atoms with van der Waals surface area (Å²) in [7, 11) is 0. The van der Waals surface area contributed by atoms with Crippen LogP contribution in [0.15, 0.2) is 0 Å². The Morgan fingerprint density at radius 3 is 2.83 bits per heavy atom. The second-order valence-corrected chi connectivity index (χ2v) is 4.19. The molecule has 1 nitrogen and oxygen atoms in total. The Labute approximate surface area is 74.9 Å². The first-order chi connectivity index (χ1) is 5.90. The summed E-state index contributed by atoms with van der Waals surface area (Å²) in [5, 5.41) is 3.57. The molecule has 66 valence electrons. The Hall–Kier alpha value is -0.480. The van der Waals surface area contributed by atoms with Gasteiger partial charge in [-0.15, -0.1) is 12.3 Å². The van der Waals surface area contributed by atoms with Crippen LogP contribution < -0.4 is 5.32 Å². The van der Waals surface area contributed by atoms with E-state index in [1.807, 2.05) is 0 Å². The lowest BCUT2D eigenvalue weighted by molar-refractivity contribution is 0.355. The maximum absolute atomic E-state index is 5.20. The number of nitrogens with one attached hydrogen (secondary N) is 1. The van der Waals surface area contributed by atoms with E-state index in [1.54, 1.807) is 0 Å². The molecule has 0 radical (unpaired) electrons. The van der Waals surface area contributed by atoms with Gasteiger partial charge in [-0.1, -0.05) is 6.42 Å². The lowest BCUT2D eigenvalue weighted by Gasteiger charge is -2.22. The van der Waals surface area contributed by atoms with Crippen molar-refractivity contribution < 1.29 is 0 Å². The Morgan fingerprint density at radius 2 is 2.25 bits per heavy atom. The molecule has 3 atom stereocenters. The minimum absolute atomic E-state index is 0.803. The Morgan fingerprint density at radius 1 is 1.33 bits per heavy atom. The summed E-state index contributed by atoms with van der Waals surface area (Å²) in [5.74, 6) is 4.69. The van der Waals surface area contributed by atoms with Crippen LogP contribution in [0.1, 0.15) is 32.1 Å². The van der Waals surface area contributed by atoms with Crippen molar-refractivity contribution in [3.63, 3.8) is 0 Å². The molecule has 0 aromatic heterocycles. The molecule has 0 aromatic rings. The van der Waals surface area contributed by atoms with Crippen LogP contribution in [-0.4, -0.2) is 12.6 Å². The number of hydrogen-bond acceptors (Lipinski definition) is 1. The zero-order chi connectivity index (χ0) is 8.39. The van der Waals surface area contributed by atoms with Crippen LogP contribution in [0, 0.1) is 24.2 Å². The zero-order valence-corrected chi connectivity index (χ0v) is 7.55. The molecule has 2 saturated carbocycles. The number of fused-ring (bicyclic) bond motifs is 2. The number of hydrogen-bond donors (Lipinski definition) is 1. The predicted molar refractivity (Wildman–Crippen MR) is 50.7 cm³/mol. The van der Waals surface area contributed by atoms with Crippen LogP contribution in [-0.2, 0) is 0 Å². The summed E-state index contributed by atoms with van der Waals surface area (Å²) >= 11 is 0. The second-order valence-electron chi connectivity index (χ2n) is 4.19. The molecule has 1 N–H and O–H groups in total. The molecule has 2 rings (SSSR count). The van der Waals surface area contributed by atoms with Gasteiger partial charge < -0.3 is 5.32 Å². The SMILES string of the molecule is C#CCCNC1CC2CCC1C2. The molecular weight excluding hydrogens is 146 g/mol. The fourth-order valence-electron chi connectivity index (χ4n) is 2.82. The molecule has 0 aliphatic heterocycles. The quantitative estimate of drug-likeness (QED) is 0.494. The van der Waals surface area contributed by atoms with Gasteiger partial charge in [0.1, 0.15) is 0 Å². The molecule has 0 spiro atoms. The molecule has 0 saturated heterocycles. The summed E-state index contributed by atoms with van der Waals surface area (Å²) in [4.78, 5) is 0. The Balaban J connectivity index is 1.73. The van der Waals surface area contributed by atoms with Crippen molar-refractivity contribution in [2.24, 2.45) is 11.8 Å². The van der Waals surface area contributed by atoms with Gasteiger partial charge >= 0.3 is 0 Å². The van der Waals surface area contributed by atoms with Crippen LogP contribution in [0.4, 0.5) is 0 Å². The molecule has 3 unspecified atom stereocenters. The third-order valence-corrected chi connectivity index (χ3v) is 3.41. The van der Waals surface area contributed by atoms with E-state index in [0.29, 0.717) is 0 Å². The van der Waals surface area contributed by atoms with Gasteiger partial charge in [0, 0.05) is 19.0 Å². The highest BCUT2D eigenvalue weighted by molar-refractivity contribution is 4.95. The number of rotatable bonds is 3. The van der Waals surface area contributed by atoms with Crippen molar-refractivity contribution in [1.82, 2.24) is 5.32 Å². The summed E-state index contributed by atoms with van der Waals surface area (Å²) in [5.41, 5.74) is 0. The molecule has 2 aliphatic rings. The molecule has 2 aliphatic carbocycles. The zero-order valence-electron chi connectivity index (χ0n) is 7.55. The highest BCUT2D eigenvalue weighted by Crippen LogP contribution is 2.44. The Bertz CT molecular complexity index is 192. The van der Waals surface area contributed by atoms with Gasteiger partial charge in [0.25, 0.3) is 0 Å². The van der Waals surface area contributed by atoms with Crippen molar-refractivity contribution in [2.75, 3.05) is 6.54 Å². The van der Waals surface area contributed by atoms with E-state index < -0.39 is 0 Å². The van der Waals surface area contributed by atoms with E-state index >= 15 is 0 Å². The maximum atomic E-state index is 5.20. The topological polar surface area (TPSA) is 12.0 Å². The van der Waals surface area contributed by atoms with E-state index in [2.05, 4.69) is 11.2 Å². The first-order valence-corrected chi connectivity index (χ1v) is 5.07. The van der Waals surface area contributed by atoms with E-state index in [9.17, 15) is 0 Å². The smallest absolute Gasteiger partial charge is 0.0212 e. The summed E-state index contributed by atoms with van der Waals surface area (Å²) < 4.78 is 0. The highest BCUT2D eigenvalue weighted by atomic mass is 14.9. The fraction of sp³-hybridized carbons (Fsp3) is 0.818. The fourth-order valence-corrected chi connectivity index (χ4v) is 2.82. The molecular formula is C11H17N. The lowest BCUT2D eigenvalue weighted by Crippen LogP contribution is -2.34. The third kappa shape index (κ3) is 1.49. The van der Waals surface area contributed by atoms with Gasteiger partial charge in [-0.3, -0.25) is 0 Å². The summed E-state index contributed by atoms with van der Waals surface area (Å²) in [6.45, 7) is 1.02. The van der Waals surface area contributed by atoms with Crippen LogP contribution in [0.3, 0.4) is 0 Å². The molecule has 2 bridgehead atoms. The third-order valence-electron chi connectivity index (χ3n) is 3.41. The van der Waals surface area contributed by atoms with Gasteiger partial charge in [0.15, 0.2) is 0 Å². The minimum Gasteiger partial charge on any atom is -0.313 e.